The lowest BCUT2D eigenvalue weighted by atomic mass is 10.1. The van der Waals surface area contributed by atoms with Gasteiger partial charge in [-0.15, -0.1) is 0 Å². The third-order valence-corrected chi connectivity index (χ3v) is 6.67. The molecule has 2 heterocycles. The van der Waals surface area contributed by atoms with Gasteiger partial charge in [-0.3, -0.25) is 9.69 Å². The van der Waals surface area contributed by atoms with Gasteiger partial charge in [0, 0.05) is 6.07 Å². The van der Waals surface area contributed by atoms with Crippen LogP contribution >= 0.6 is 24.0 Å². The highest BCUT2D eigenvalue weighted by Gasteiger charge is 2.34. The Morgan fingerprint density at radius 2 is 1.91 bits per heavy atom. The van der Waals surface area contributed by atoms with E-state index in [0.717, 1.165) is 11.1 Å². The molecule has 0 atom stereocenters. The molecule has 6 nitrogen and oxygen atoms in total. The smallest absolute Gasteiger partial charge is 0.270 e. The van der Waals surface area contributed by atoms with E-state index in [2.05, 4.69) is 6.07 Å². The summed E-state index contributed by atoms with van der Waals surface area (Å²) in [5.41, 5.74) is 3.72. The molecule has 34 heavy (non-hydrogen) atoms. The van der Waals surface area contributed by atoms with E-state index in [1.807, 2.05) is 43.3 Å². The lowest BCUT2D eigenvalue weighted by molar-refractivity contribution is -0.113. The number of carbonyl (C=O) groups excluding carboxylic acids is 1. The van der Waals surface area contributed by atoms with E-state index >= 15 is 0 Å². The summed E-state index contributed by atoms with van der Waals surface area (Å²) in [6.07, 6.45) is 1.80. The molecule has 3 aromatic carbocycles. The van der Waals surface area contributed by atoms with Crippen molar-refractivity contribution in [2.24, 2.45) is 0 Å². The van der Waals surface area contributed by atoms with Crippen molar-refractivity contribution in [2.45, 2.75) is 13.5 Å². The molecule has 0 unspecified atom stereocenters. The maximum Gasteiger partial charge on any atom is 0.270 e. The van der Waals surface area contributed by atoms with Gasteiger partial charge in [0.1, 0.15) is 6.61 Å². The summed E-state index contributed by atoms with van der Waals surface area (Å²) in [4.78, 5) is 15.2. The highest BCUT2D eigenvalue weighted by molar-refractivity contribution is 8.27. The quantitative estimate of drug-likeness (QED) is 0.323. The molecule has 172 valence electrons. The summed E-state index contributed by atoms with van der Waals surface area (Å²) in [7, 11) is 1.59. The number of hydrogen-bond acceptors (Lipinski definition) is 7. The van der Waals surface area contributed by atoms with Crippen molar-refractivity contribution in [1.29, 1.82) is 0 Å². The topological polar surface area (TPSA) is 57.2 Å². The average molecular weight is 492 g/mol. The summed E-state index contributed by atoms with van der Waals surface area (Å²) in [5.74, 6) is 2.29. The molecule has 2 aliphatic heterocycles. The molecule has 1 amide bonds. The van der Waals surface area contributed by atoms with Crippen LogP contribution in [0.25, 0.3) is 6.08 Å². The number of aryl methyl sites for hydroxylation is 1. The van der Waals surface area contributed by atoms with Crippen LogP contribution in [0.5, 0.6) is 23.0 Å². The Balaban J connectivity index is 1.34. The first-order valence-electron chi connectivity index (χ1n) is 10.6. The van der Waals surface area contributed by atoms with Crippen LogP contribution in [0.4, 0.5) is 5.69 Å². The molecular formula is C26H21NO5S2. The van der Waals surface area contributed by atoms with E-state index < -0.39 is 0 Å². The molecule has 3 aromatic rings. The summed E-state index contributed by atoms with van der Waals surface area (Å²) < 4.78 is 22.8. The lowest BCUT2D eigenvalue weighted by Crippen LogP contribution is -2.27. The first-order chi connectivity index (χ1) is 16.5. The van der Waals surface area contributed by atoms with Gasteiger partial charge in [-0.2, -0.15) is 0 Å². The molecule has 8 heteroatoms. The zero-order chi connectivity index (χ0) is 23.7. The molecule has 2 aliphatic rings. The van der Waals surface area contributed by atoms with Gasteiger partial charge in [-0.25, -0.2) is 0 Å². The van der Waals surface area contributed by atoms with E-state index in [-0.39, 0.29) is 12.7 Å². The highest BCUT2D eigenvalue weighted by Crippen LogP contribution is 2.41. The summed E-state index contributed by atoms with van der Waals surface area (Å²) in [6.45, 7) is 2.66. The number of ether oxygens (including phenoxy) is 4. The number of methoxy groups -OCH3 is 1. The molecule has 0 spiro atoms. The summed E-state index contributed by atoms with van der Waals surface area (Å²) >= 11 is 6.75. The van der Waals surface area contributed by atoms with E-state index in [9.17, 15) is 4.79 Å². The van der Waals surface area contributed by atoms with Gasteiger partial charge in [-0.05, 0) is 48.4 Å². The number of thiocarbonyl (C=S) groups is 1. The first-order valence-corrected chi connectivity index (χ1v) is 11.8. The summed E-state index contributed by atoms with van der Waals surface area (Å²) in [5, 5.41) is 0. The zero-order valence-corrected chi connectivity index (χ0v) is 20.2. The van der Waals surface area contributed by atoms with E-state index in [1.54, 1.807) is 31.4 Å². The second-order valence-corrected chi connectivity index (χ2v) is 9.42. The van der Waals surface area contributed by atoms with Crippen molar-refractivity contribution in [3.8, 4) is 23.0 Å². The van der Waals surface area contributed by atoms with E-state index in [1.165, 1.54) is 22.2 Å². The number of carbonyl (C=O) groups is 1. The lowest BCUT2D eigenvalue weighted by Gasteiger charge is -2.14. The minimum atomic E-state index is -0.187. The highest BCUT2D eigenvalue weighted by atomic mass is 32.2. The zero-order valence-electron chi connectivity index (χ0n) is 18.6. The predicted octanol–water partition coefficient (Wildman–Crippen LogP) is 5.72. The Morgan fingerprint density at radius 1 is 1.06 bits per heavy atom. The number of amides is 1. The Labute approximate surface area is 207 Å². The molecule has 0 bridgehead atoms. The molecule has 1 saturated heterocycles. The minimum absolute atomic E-state index is 0.170. The van der Waals surface area contributed by atoms with E-state index in [0.29, 0.717) is 44.5 Å². The number of fused-ring (bicyclic) bond motifs is 1. The maximum absolute atomic E-state index is 13.2. The Bertz CT molecular complexity index is 1320. The molecular weight excluding hydrogens is 470 g/mol. The number of hydrogen-bond donors (Lipinski definition) is 0. The van der Waals surface area contributed by atoms with Gasteiger partial charge < -0.3 is 18.9 Å². The minimum Gasteiger partial charge on any atom is -0.493 e. The van der Waals surface area contributed by atoms with Crippen LogP contribution in [0.1, 0.15) is 16.7 Å². The van der Waals surface area contributed by atoms with Crippen molar-refractivity contribution in [3.63, 3.8) is 0 Å². The molecule has 0 radical (unpaired) electrons. The molecule has 0 saturated carbocycles. The van der Waals surface area contributed by atoms with Crippen LogP contribution in [0.2, 0.25) is 0 Å². The van der Waals surface area contributed by atoms with Crippen molar-refractivity contribution in [1.82, 2.24) is 0 Å². The molecule has 0 N–H and O–H groups in total. The number of rotatable bonds is 6. The Hall–Kier alpha value is -3.49. The molecule has 1 fully saturated rings. The normalized spacial score (nSPS) is 15.8. The number of thioether (sulfide) groups is 1. The second-order valence-electron chi connectivity index (χ2n) is 7.74. The standard InChI is InChI=1S/C26H21NO5S2/c1-16-4-3-5-18(10-16)14-30-20-8-6-17(11-22(20)29-2)12-24-25(28)27(26(33)34-24)19-7-9-21-23(13-19)32-15-31-21/h3-13H,14-15H2,1-2H3/b24-12+. The third kappa shape index (κ3) is 4.47. The van der Waals surface area contributed by atoms with Crippen LogP contribution < -0.4 is 23.8 Å². The maximum atomic E-state index is 13.2. The fourth-order valence-electron chi connectivity index (χ4n) is 3.72. The van der Waals surface area contributed by atoms with Gasteiger partial charge in [0.15, 0.2) is 27.3 Å². The fourth-order valence-corrected chi connectivity index (χ4v) is 5.02. The predicted molar refractivity (Wildman–Crippen MR) is 137 cm³/mol. The van der Waals surface area contributed by atoms with Crippen LogP contribution in [0, 0.1) is 6.92 Å². The fraction of sp³-hybridized carbons (Fsp3) is 0.154. The largest absolute Gasteiger partial charge is 0.493 e. The van der Waals surface area contributed by atoms with Crippen molar-refractivity contribution >= 4 is 46.0 Å². The first kappa shape index (κ1) is 22.3. The van der Waals surface area contributed by atoms with Crippen LogP contribution in [0.3, 0.4) is 0 Å². The van der Waals surface area contributed by atoms with Gasteiger partial charge in [0.2, 0.25) is 6.79 Å². The molecule has 5 rings (SSSR count). The van der Waals surface area contributed by atoms with Crippen molar-refractivity contribution in [2.75, 3.05) is 18.8 Å². The van der Waals surface area contributed by atoms with Crippen LogP contribution in [-0.2, 0) is 11.4 Å². The van der Waals surface area contributed by atoms with Gasteiger partial charge in [0.25, 0.3) is 5.91 Å². The average Bonchev–Trinajstić information content (AvgIpc) is 3.41. The molecule has 0 aliphatic carbocycles. The van der Waals surface area contributed by atoms with Crippen molar-refractivity contribution < 1.29 is 23.7 Å². The van der Waals surface area contributed by atoms with Crippen LogP contribution in [0.15, 0.2) is 65.6 Å². The number of nitrogens with zero attached hydrogens (tertiary/aromatic N) is 1. The SMILES string of the molecule is COc1cc(/C=C2/SC(=S)N(c3ccc4c(c3)OCO4)C2=O)ccc1OCc1cccc(C)c1. The van der Waals surface area contributed by atoms with Crippen molar-refractivity contribution in [3.05, 3.63) is 82.3 Å². The summed E-state index contributed by atoms with van der Waals surface area (Å²) in [6, 6.07) is 19.1. The Kier molecular flexibility index (Phi) is 6.17. The van der Waals surface area contributed by atoms with Crippen LogP contribution in [-0.4, -0.2) is 24.1 Å². The van der Waals surface area contributed by atoms with Gasteiger partial charge >= 0.3 is 0 Å². The van der Waals surface area contributed by atoms with Gasteiger partial charge in [-0.1, -0.05) is 59.9 Å². The van der Waals surface area contributed by atoms with Gasteiger partial charge in [0.05, 0.1) is 17.7 Å². The number of anilines is 1. The molecule has 0 aromatic heterocycles. The monoisotopic (exact) mass is 491 g/mol. The van der Waals surface area contributed by atoms with E-state index in [4.69, 9.17) is 31.2 Å². The second kappa shape index (κ2) is 9.40. The number of benzene rings is 3. The Morgan fingerprint density at radius 3 is 2.74 bits per heavy atom. The third-order valence-electron chi connectivity index (χ3n) is 5.37.